The van der Waals surface area contributed by atoms with E-state index in [1.165, 1.54) is 11.3 Å². The summed E-state index contributed by atoms with van der Waals surface area (Å²) in [5, 5.41) is 2.83. The van der Waals surface area contributed by atoms with Gasteiger partial charge in [0.05, 0.1) is 16.3 Å². The van der Waals surface area contributed by atoms with Crippen molar-refractivity contribution in [1.29, 1.82) is 0 Å². The minimum absolute atomic E-state index is 0.0398. The summed E-state index contributed by atoms with van der Waals surface area (Å²) in [6.45, 7) is 4.14. The lowest BCUT2D eigenvalue weighted by molar-refractivity contribution is -0.128. The van der Waals surface area contributed by atoms with E-state index in [4.69, 9.17) is 23.2 Å². The van der Waals surface area contributed by atoms with Gasteiger partial charge in [-0.1, -0.05) is 11.6 Å². The van der Waals surface area contributed by atoms with Crippen molar-refractivity contribution in [2.45, 2.75) is 20.4 Å². The van der Waals surface area contributed by atoms with E-state index in [-0.39, 0.29) is 5.91 Å². The number of rotatable bonds is 4. The highest BCUT2D eigenvalue weighted by molar-refractivity contribution is 7.16. The first-order valence-corrected chi connectivity index (χ1v) is 6.27. The van der Waals surface area contributed by atoms with Crippen molar-refractivity contribution in [2.75, 3.05) is 5.88 Å². The Morgan fingerprint density at radius 2 is 2.20 bits per heavy atom. The van der Waals surface area contributed by atoms with Crippen molar-refractivity contribution in [3.63, 3.8) is 0 Å². The molecule has 0 bridgehead atoms. The third-order valence-corrected chi connectivity index (χ3v) is 3.90. The van der Waals surface area contributed by atoms with Gasteiger partial charge in [0.25, 0.3) is 0 Å². The highest BCUT2D eigenvalue weighted by Crippen LogP contribution is 2.22. The third kappa shape index (κ3) is 3.67. The molecule has 5 heteroatoms. The molecule has 0 fully saturated rings. The lowest BCUT2D eigenvalue weighted by Gasteiger charge is -2.19. The zero-order valence-corrected chi connectivity index (χ0v) is 11.0. The van der Waals surface area contributed by atoms with Crippen LogP contribution in [0.5, 0.6) is 0 Å². The summed E-state index contributed by atoms with van der Waals surface area (Å²) in [4.78, 5) is 12.7. The summed E-state index contributed by atoms with van der Waals surface area (Å²) in [6.07, 6.45) is 0. The summed E-state index contributed by atoms with van der Waals surface area (Å²) < 4.78 is 0.732. The Morgan fingerprint density at radius 1 is 1.53 bits per heavy atom. The molecule has 1 heterocycles. The number of carbonyl (C=O) groups is 1. The molecule has 0 saturated carbocycles. The molecule has 0 aromatic carbocycles. The van der Waals surface area contributed by atoms with Crippen molar-refractivity contribution >= 4 is 40.4 Å². The molecule has 2 nitrogen and oxygen atoms in total. The average Bonchev–Trinajstić information content (AvgIpc) is 2.60. The van der Waals surface area contributed by atoms with Crippen molar-refractivity contribution in [3.8, 4) is 0 Å². The molecule has 1 rings (SSSR count). The maximum atomic E-state index is 11.7. The van der Waals surface area contributed by atoms with Gasteiger partial charge in [-0.05, 0) is 26.0 Å². The molecule has 0 aliphatic carbocycles. The third-order valence-electron chi connectivity index (χ3n) is 2.00. The minimum atomic E-state index is -0.525. The number of hydrogen-bond donors (Lipinski definition) is 1. The summed E-state index contributed by atoms with van der Waals surface area (Å²) in [6, 6.07) is 3.72. The van der Waals surface area contributed by atoms with Gasteiger partial charge in [0.1, 0.15) is 0 Å². The van der Waals surface area contributed by atoms with Gasteiger partial charge < -0.3 is 5.32 Å². The largest absolute Gasteiger partial charge is 0.351 e. The fourth-order valence-electron chi connectivity index (χ4n) is 0.914. The Morgan fingerprint density at radius 3 is 2.67 bits per heavy atom. The molecule has 1 amide bonds. The standard InChI is InChI=1S/C10H13Cl2NOS/c1-10(2,6-11)9(14)13-5-7-3-4-8(12)15-7/h3-4H,5-6H2,1-2H3,(H,13,14). The van der Waals surface area contributed by atoms with Gasteiger partial charge in [-0.25, -0.2) is 0 Å². The second-order valence-electron chi connectivity index (χ2n) is 3.91. The van der Waals surface area contributed by atoms with Gasteiger partial charge >= 0.3 is 0 Å². The number of halogens is 2. The molecule has 0 saturated heterocycles. The fraction of sp³-hybridized carbons (Fsp3) is 0.500. The maximum absolute atomic E-state index is 11.7. The monoisotopic (exact) mass is 265 g/mol. The van der Waals surface area contributed by atoms with E-state index in [1.807, 2.05) is 26.0 Å². The summed E-state index contributed by atoms with van der Waals surface area (Å²) >= 11 is 12.9. The van der Waals surface area contributed by atoms with Crippen molar-refractivity contribution in [1.82, 2.24) is 5.32 Å². The normalized spacial score (nSPS) is 11.5. The highest BCUT2D eigenvalue weighted by Gasteiger charge is 2.25. The number of thiophene rings is 1. The second-order valence-corrected chi connectivity index (χ2v) is 5.97. The van der Waals surface area contributed by atoms with E-state index in [1.54, 1.807) is 0 Å². The molecule has 15 heavy (non-hydrogen) atoms. The van der Waals surface area contributed by atoms with E-state index in [2.05, 4.69) is 5.32 Å². The Balaban J connectivity index is 2.47. The van der Waals surface area contributed by atoms with Gasteiger partial charge in [-0.15, -0.1) is 22.9 Å². The lowest BCUT2D eigenvalue weighted by Crippen LogP contribution is -2.37. The SMILES string of the molecule is CC(C)(CCl)C(=O)NCc1ccc(Cl)s1. The van der Waals surface area contributed by atoms with Crippen molar-refractivity contribution < 1.29 is 4.79 Å². The Kier molecular flexibility index (Phi) is 4.44. The van der Waals surface area contributed by atoms with Crippen LogP contribution >= 0.6 is 34.5 Å². The molecule has 0 aliphatic heterocycles. The predicted octanol–water partition coefficient (Wildman–Crippen LogP) is 3.28. The minimum Gasteiger partial charge on any atom is -0.351 e. The Hall–Kier alpha value is -0.250. The molecular formula is C10H13Cl2NOS. The van der Waals surface area contributed by atoms with Gasteiger partial charge in [0.15, 0.2) is 0 Å². The molecule has 0 spiro atoms. The van der Waals surface area contributed by atoms with E-state index >= 15 is 0 Å². The molecule has 84 valence electrons. The van der Waals surface area contributed by atoms with E-state index in [0.717, 1.165) is 9.21 Å². The predicted molar refractivity (Wildman–Crippen MR) is 65.7 cm³/mol. The number of alkyl halides is 1. The van der Waals surface area contributed by atoms with Crippen LogP contribution in [0, 0.1) is 5.41 Å². The maximum Gasteiger partial charge on any atom is 0.227 e. The second kappa shape index (κ2) is 5.19. The number of amides is 1. The molecular weight excluding hydrogens is 253 g/mol. The lowest BCUT2D eigenvalue weighted by atomic mass is 9.95. The highest BCUT2D eigenvalue weighted by atomic mass is 35.5. The topological polar surface area (TPSA) is 29.1 Å². The summed E-state index contributed by atoms with van der Waals surface area (Å²) in [7, 11) is 0. The van der Waals surface area contributed by atoms with Crippen LogP contribution in [0.2, 0.25) is 4.34 Å². The number of hydrogen-bond acceptors (Lipinski definition) is 2. The van der Waals surface area contributed by atoms with Crippen molar-refractivity contribution in [3.05, 3.63) is 21.3 Å². The summed E-state index contributed by atoms with van der Waals surface area (Å²) in [5.41, 5.74) is -0.525. The number of nitrogens with one attached hydrogen (secondary N) is 1. The van der Waals surface area contributed by atoms with Crippen LogP contribution < -0.4 is 5.32 Å². The molecule has 0 unspecified atom stereocenters. The molecule has 0 atom stereocenters. The smallest absolute Gasteiger partial charge is 0.227 e. The van der Waals surface area contributed by atoms with Gasteiger partial charge in [0.2, 0.25) is 5.91 Å². The summed E-state index contributed by atoms with van der Waals surface area (Å²) in [5.74, 6) is 0.270. The first-order chi connectivity index (χ1) is 6.95. The van der Waals surface area contributed by atoms with Crippen LogP contribution in [-0.2, 0) is 11.3 Å². The fourth-order valence-corrected chi connectivity index (χ4v) is 2.06. The Bertz CT molecular complexity index is 349. The van der Waals surface area contributed by atoms with Crippen molar-refractivity contribution in [2.24, 2.45) is 5.41 Å². The van der Waals surface area contributed by atoms with Crippen LogP contribution in [-0.4, -0.2) is 11.8 Å². The number of carbonyl (C=O) groups excluding carboxylic acids is 1. The van der Waals surface area contributed by atoms with Crippen LogP contribution in [0.3, 0.4) is 0 Å². The molecule has 0 aliphatic rings. The van der Waals surface area contributed by atoms with Crippen LogP contribution in [0.15, 0.2) is 12.1 Å². The molecule has 1 aromatic heterocycles. The zero-order chi connectivity index (χ0) is 11.5. The van der Waals surface area contributed by atoms with Crippen LogP contribution in [0.1, 0.15) is 18.7 Å². The first-order valence-electron chi connectivity index (χ1n) is 4.54. The van der Waals surface area contributed by atoms with E-state index < -0.39 is 5.41 Å². The van der Waals surface area contributed by atoms with Crippen LogP contribution in [0.25, 0.3) is 0 Å². The first kappa shape index (κ1) is 12.8. The van der Waals surface area contributed by atoms with E-state index in [9.17, 15) is 4.79 Å². The van der Waals surface area contributed by atoms with Gasteiger partial charge in [0, 0.05) is 10.8 Å². The van der Waals surface area contributed by atoms with Crippen LogP contribution in [0.4, 0.5) is 0 Å². The molecule has 1 aromatic rings. The van der Waals surface area contributed by atoms with Gasteiger partial charge in [-0.3, -0.25) is 4.79 Å². The average molecular weight is 266 g/mol. The molecule has 0 radical (unpaired) electrons. The Labute approximate surface area is 104 Å². The van der Waals surface area contributed by atoms with E-state index in [0.29, 0.717) is 12.4 Å². The molecule has 1 N–H and O–H groups in total. The quantitative estimate of drug-likeness (QED) is 0.832. The van der Waals surface area contributed by atoms with Gasteiger partial charge in [-0.2, -0.15) is 0 Å². The zero-order valence-electron chi connectivity index (χ0n) is 8.64.